The van der Waals surface area contributed by atoms with Crippen molar-refractivity contribution in [2.75, 3.05) is 18.5 Å². The highest BCUT2D eigenvalue weighted by molar-refractivity contribution is 5.96. The number of hydrogen-bond acceptors (Lipinski definition) is 3. The molecule has 1 aromatic heterocycles. The van der Waals surface area contributed by atoms with Crippen LogP contribution in [0.5, 0.6) is 0 Å². The molecule has 6 nitrogen and oxygen atoms in total. The van der Waals surface area contributed by atoms with E-state index in [1.165, 1.54) is 37.7 Å². The number of nitrogens with zero attached hydrogens (tertiary/aromatic N) is 4. The number of aromatic nitrogens is 2. The van der Waals surface area contributed by atoms with Gasteiger partial charge in [0.15, 0.2) is 0 Å². The van der Waals surface area contributed by atoms with E-state index >= 15 is 0 Å². The van der Waals surface area contributed by atoms with Crippen LogP contribution in [-0.4, -0.2) is 45.9 Å². The molecule has 1 unspecified atom stereocenters. The maximum Gasteiger partial charge on any atom is 0.242 e. The average Bonchev–Trinajstić information content (AvgIpc) is 3.48. The summed E-state index contributed by atoms with van der Waals surface area (Å²) in [4.78, 5) is 35.2. The SMILES string of the molecule is CCCCc1ccc(N2CC(c3nc4ccccc4n3CC(=O)N(C)C3CCCCC3)CC2=O)cc1. The number of hydrogen-bond donors (Lipinski definition) is 0. The molecule has 2 fully saturated rings. The first-order chi connectivity index (χ1) is 17.5. The summed E-state index contributed by atoms with van der Waals surface area (Å²) in [6.07, 6.45) is 9.66. The van der Waals surface area contributed by atoms with Crippen LogP contribution in [0, 0.1) is 0 Å². The molecule has 2 heterocycles. The predicted octanol–water partition coefficient (Wildman–Crippen LogP) is 5.69. The van der Waals surface area contributed by atoms with E-state index in [2.05, 4.69) is 35.8 Å². The minimum Gasteiger partial charge on any atom is -0.341 e. The van der Waals surface area contributed by atoms with Crippen molar-refractivity contribution in [2.24, 2.45) is 0 Å². The molecule has 2 aromatic carbocycles. The number of rotatable bonds is 8. The number of carbonyl (C=O) groups excluding carboxylic acids is 2. The molecular formula is C30H38N4O2. The lowest BCUT2D eigenvalue weighted by Gasteiger charge is -2.31. The second-order valence-electron chi connectivity index (χ2n) is 10.5. The molecule has 1 aliphatic carbocycles. The summed E-state index contributed by atoms with van der Waals surface area (Å²) >= 11 is 0. The van der Waals surface area contributed by atoms with Crippen LogP contribution in [0.2, 0.25) is 0 Å². The standard InChI is InChI=1S/C30H38N4O2/c1-3-4-10-22-15-17-25(18-16-22)33-20-23(19-28(33)35)30-31-26-13-8-9-14-27(26)34(30)21-29(36)32(2)24-11-6-5-7-12-24/h8-9,13-18,23-24H,3-7,10-12,19-21H2,1-2H3. The van der Waals surface area contributed by atoms with Crippen molar-refractivity contribution < 1.29 is 9.59 Å². The van der Waals surface area contributed by atoms with Gasteiger partial charge in [0.05, 0.1) is 11.0 Å². The highest BCUT2D eigenvalue weighted by atomic mass is 16.2. The number of imidazole rings is 1. The molecule has 1 saturated heterocycles. The summed E-state index contributed by atoms with van der Waals surface area (Å²) in [6, 6.07) is 16.7. The molecule has 36 heavy (non-hydrogen) atoms. The van der Waals surface area contributed by atoms with Gasteiger partial charge in [0, 0.05) is 37.7 Å². The molecule has 0 N–H and O–H groups in total. The quantitative estimate of drug-likeness (QED) is 0.411. The summed E-state index contributed by atoms with van der Waals surface area (Å²) in [5, 5.41) is 0. The summed E-state index contributed by atoms with van der Waals surface area (Å²) < 4.78 is 2.06. The van der Waals surface area contributed by atoms with Crippen LogP contribution in [-0.2, 0) is 22.6 Å². The topological polar surface area (TPSA) is 58.4 Å². The van der Waals surface area contributed by atoms with E-state index in [0.29, 0.717) is 19.0 Å². The molecule has 1 aliphatic heterocycles. The van der Waals surface area contributed by atoms with Crippen molar-refractivity contribution in [3.05, 3.63) is 59.9 Å². The first kappa shape index (κ1) is 24.5. The normalized spacial score (nSPS) is 18.8. The van der Waals surface area contributed by atoms with Crippen LogP contribution in [0.4, 0.5) is 5.69 Å². The third-order valence-corrected chi connectivity index (χ3v) is 8.05. The maximum atomic E-state index is 13.4. The van der Waals surface area contributed by atoms with Gasteiger partial charge in [0.25, 0.3) is 0 Å². The van der Waals surface area contributed by atoms with Crippen LogP contribution >= 0.6 is 0 Å². The molecule has 0 radical (unpaired) electrons. The Morgan fingerprint density at radius 2 is 1.81 bits per heavy atom. The van der Waals surface area contributed by atoms with E-state index < -0.39 is 0 Å². The Morgan fingerprint density at radius 1 is 1.06 bits per heavy atom. The number of unbranched alkanes of at least 4 members (excludes halogenated alkanes) is 1. The van der Waals surface area contributed by atoms with E-state index in [1.54, 1.807) is 0 Å². The Labute approximate surface area is 214 Å². The van der Waals surface area contributed by atoms with Gasteiger partial charge in [-0.3, -0.25) is 9.59 Å². The second-order valence-corrected chi connectivity index (χ2v) is 10.5. The molecule has 0 spiro atoms. The number of anilines is 1. The van der Waals surface area contributed by atoms with Gasteiger partial charge in [-0.1, -0.05) is 56.9 Å². The van der Waals surface area contributed by atoms with Crippen molar-refractivity contribution in [3.63, 3.8) is 0 Å². The third kappa shape index (κ3) is 5.04. The van der Waals surface area contributed by atoms with Gasteiger partial charge >= 0.3 is 0 Å². The Hall–Kier alpha value is -3.15. The molecule has 190 valence electrons. The van der Waals surface area contributed by atoms with Gasteiger partial charge in [-0.05, 0) is 55.5 Å². The fourth-order valence-corrected chi connectivity index (χ4v) is 5.84. The molecule has 0 bridgehead atoms. The molecule has 2 amide bonds. The van der Waals surface area contributed by atoms with Crippen molar-refractivity contribution in [1.82, 2.24) is 14.5 Å². The smallest absolute Gasteiger partial charge is 0.242 e. The molecule has 3 aromatic rings. The Kier molecular flexibility index (Phi) is 7.40. The first-order valence-electron chi connectivity index (χ1n) is 13.6. The zero-order chi connectivity index (χ0) is 25.1. The highest BCUT2D eigenvalue weighted by Crippen LogP contribution is 2.33. The van der Waals surface area contributed by atoms with Gasteiger partial charge in [-0.25, -0.2) is 4.98 Å². The van der Waals surface area contributed by atoms with Crippen LogP contribution in [0.3, 0.4) is 0 Å². The van der Waals surface area contributed by atoms with Crippen LogP contribution in [0.15, 0.2) is 48.5 Å². The number of amides is 2. The van der Waals surface area contributed by atoms with E-state index in [4.69, 9.17) is 4.98 Å². The van der Waals surface area contributed by atoms with Crippen LogP contribution in [0.1, 0.15) is 75.6 Å². The minimum absolute atomic E-state index is 0.0440. The van der Waals surface area contributed by atoms with Crippen molar-refractivity contribution in [2.45, 2.75) is 83.2 Å². The van der Waals surface area contributed by atoms with Gasteiger partial charge in [-0.15, -0.1) is 0 Å². The third-order valence-electron chi connectivity index (χ3n) is 8.05. The molecule has 6 heteroatoms. The molecule has 5 rings (SSSR count). The van der Waals surface area contributed by atoms with Crippen molar-refractivity contribution in [1.29, 1.82) is 0 Å². The van der Waals surface area contributed by atoms with Crippen LogP contribution < -0.4 is 4.90 Å². The van der Waals surface area contributed by atoms with Gasteiger partial charge in [-0.2, -0.15) is 0 Å². The lowest BCUT2D eigenvalue weighted by molar-refractivity contribution is -0.133. The summed E-state index contributed by atoms with van der Waals surface area (Å²) in [5.41, 5.74) is 4.10. The zero-order valence-electron chi connectivity index (χ0n) is 21.7. The maximum absolute atomic E-state index is 13.4. The predicted molar refractivity (Wildman–Crippen MR) is 144 cm³/mol. The Bertz CT molecular complexity index is 1210. The minimum atomic E-state index is -0.0440. The first-order valence-corrected chi connectivity index (χ1v) is 13.6. The van der Waals surface area contributed by atoms with Gasteiger partial charge in [0.1, 0.15) is 12.4 Å². The molecule has 2 aliphatic rings. The number of aryl methyl sites for hydroxylation is 1. The number of likely N-dealkylation sites (N-methyl/N-ethyl adjacent to an activating group) is 1. The summed E-state index contributed by atoms with van der Waals surface area (Å²) in [5.74, 6) is 1.04. The van der Waals surface area contributed by atoms with Crippen LogP contribution in [0.25, 0.3) is 11.0 Å². The van der Waals surface area contributed by atoms with Gasteiger partial charge < -0.3 is 14.4 Å². The van der Waals surface area contributed by atoms with E-state index in [1.807, 2.05) is 41.1 Å². The second kappa shape index (κ2) is 10.9. The zero-order valence-corrected chi connectivity index (χ0v) is 21.7. The monoisotopic (exact) mass is 486 g/mol. The van der Waals surface area contributed by atoms with Crippen molar-refractivity contribution >= 4 is 28.5 Å². The van der Waals surface area contributed by atoms with E-state index in [0.717, 1.165) is 41.8 Å². The number of carbonyl (C=O) groups is 2. The summed E-state index contributed by atoms with van der Waals surface area (Å²) in [6.45, 7) is 3.05. The fourth-order valence-electron chi connectivity index (χ4n) is 5.84. The number of benzene rings is 2. The Morgan fingerprint density at radius 3 is 2.56 bits per heavy atom. The lowest BCUT2D eigenvalue weighted by atomic mass is 9.94. The fraction of sp³-hybridized carbons (Fsp3) is 0.500. The molecule has 1 saturated carbocycles. The Balaban J connectivity index is 1.37. The molecular weight excluding hydrogens is 448 g/mol. The summed E-state index contributed by atoms with van der Waals surface area (Å²) in [7, 11) is 1.95. The van der Waals surface area contributed by atoms with E-state index in [-0.39, 0.29) is 24.3 Å². The van der Waals surface area contributed by atoms with Gasteiger partial charge in [0.2, 0.25) is 11.8 Å². The number of fused-ring (bicyclic) bond motifs is 1. The number of para-hydroxylation sites is 2. The average molecular weight is 487 g/mol. The highest BCUT2D eigenvalue weighted by Gasteiger charge is 2.35. The van der Waals surface area contributed by atoms with Crippen molar-refractivity contribution in [3.8, 4) is 0 Å². The van der Waals surface area contributed by atoms with E-state index in [9.17, 15) is 9.59 Å². The molecule has 1 atom stereocenters. The lowest BCUT2D eigenvalue weighted by Crippen LogP contribution is -2.40. The largest absolute Gasteiger partial charge is 0.341 e.